The van der Waals surface area contributed by atoms with E-state index in [1.54, 1.807) is 31.2 Å². The standard InChI is InChI=1S/C21H16Cl2N4O3/c1-3-29-21(28)17-16(23)18(27(26-17)15-10-5-4-9-14(15)22)20-25-24-19(30-20)13-8-6-7-12(2)11-13/h4-11H,3H2,1-2H3. The van der Waals surface area contributed by atoms with Crippen LogP contribution in [-0.2, 0) is 4.74 Å². The molecule has 0 radical (unpaired) electrons. The van der Waals surface area contributed by atoms with Gasteiger partial charge in [-0.25, -0.2) is 9.48 Å². The number of hydrogen-bond donors (Lipinski definition) is 0. The van der Waals surface area contributed by atoms with Gasteiger partial charge in [0.25, 0.3) is 5.89 Å². The van der Waals surface area contributed by atoms with Gasteiger partial charge in [-0.15, -0.1) is 10.2 Å². The van der Waals surface area contributed by atoms with Crippen molar-refractivity contribution in [3.05, 3.63) is 69.8 Å². The average Bonchev–Trinajstić information content (AvgIpc) is 3.33. The topological polar surface area (TPSA) is 83.0 Å². The molecular weight excluding hydrogens is 427 g/mol. The van der Waals surface area contributed by atoms with Crippen molar-refractivity contribution in [1.82, 2.24) is 20.0 Å². The number of benzene rings is 2. The van der Waals surface area contributed by atoms with E-state index in [2.05, 4.69) is 15.3 Å². The molecule has 0 saturated carbocycles. The Labute approximate surface area is 182 Å². The lowest BCUT2D eigenvalue weighted by atomic mass is 10.1. The molecule has 0 aliphatic carbocycles. The van der Waals surface area contributed by atoms with Crippen molar-refractivity contribution in [1.29, 1.82) is 0 Å². The Bertz CT molecular complexity index is 1230. The van der Waals surface area contributed by atoms with Crippen LogP contribution in [0, 0.1) is 6.92 Å². The molecule has 0 aliphatic rings. The van der Waals surface area contributed by atoms with E-state index in [1.807, 2.05) is 31.2 Å². The molecule has 0 unspecified atom stereocenters. The number of ether oxygens (including phenoxy) is 1. The molecule has 2 aromatic carbocycles. The predicted octanol–water partition coefficient (Wildman–Crippen LogP) is 5.38. The molecule has 2 aromatic heterocycles. The minimum Gasteiger partial charge on any atom is -0.461 e. The lowest BCUT2D eigenvalue weighted by Gasteiger charge is -2.06. The van der Waals surface area contributed by atoms with Crippen LogP contribution in [0.5, 0.6) is 0 Å². The van der Waals surface area contributed by atoms with E-state index >= 15 is 0 Å². The van der Waals surface area contributed by atoms with Crippen molar-refractivity contribution >= 4 is 29.2 Å². The average molecular weight is 443 g/mol. The zero-order chi connectivity index (χ0) is 21.3. The number of carbonyl (C=O) groups excluding carboxylic acids is 1. The van der Waals surface area contributed by atoms with E-state index in [-0.39, 0.29) is 28.9 Å². The molecule has 0 amide bonds. The Morgan fingerprint density at radius 1 is 1.10 bits per heavy atom. The summed E-state index contributed by atoms with van der Waals surface area (Å²) in [5, 5.41) is 13.0. The number of hydrogen-bond acceptors (Lipinski definition) is 6. The van der Waals surface area contributed by atoms with Crippen molar-refractivity contribution in [3.63, 3.8) is 0 Å². The van der Waals surface area contributed by atoms with Gasteiger partial charge in [-0.3, -0.25) is 0 Å². The molecule has 0 atom stereocenters. The lowest BCUT2D eigenvalue weighted by molar-refractivity contribution is 0.0519. The fraction of sp³-hybridized carbons (Fsp3) is 0.143. The predicted molar refractivity (Wildman–Crippen MR) is 113 cm³/mol. The van der Waals surface area contributed by atoms with Crippen LogP contribution in [0.1, 0.15) is 23.0 Å². The molecule has 152 valence electrons. The smallest absolute Gasteiger partial charge is 0.360 e. The number of nitrogens with zero attached hydrogens (tertiary/aromatic N) is 4. The third-order valence-electron chi connectivity index (χ3n) is 4.27. The maximum absolute atomic E-state index is 12.4. The van der Waals surface area contributed by atoms with Gasteiger partial charge in [0, 0.05) is 5.56 Å². The molecule has 0 fully saturated rings. The molecule has 0 saturated heterocycles. The number of esters is 1. The Kier molecular flexibility index (Phi) is 5.57. The fourth-order valence-electron chi connectivity index (χ4n) is 2.92. The van der Waals surface area contributed by atoms with Gasteiger partial charge in [0.2, 0.25) is 5.89 Å². The zero-order valence-electron chi connectivity index (χ0n) is 16.1. The highest BCUT2D eigenvalue weighted by Crippen LogP contribution is 2.35. The Morgan fingerprint density at radius 2 is 1.87 bits per heavy atom. The lowest BCUT2D eigenvalue weighted by Crippen LogP contribution is -2.07. The molecule has 30 heavy (non-hydrogen) atoms. The molecule has 0 spiro atoms. The molecule has 2 heterocycles. The van der Waals surface area contributed by atoms with Crippen LogP contribution in [0.15, 0.2) is 52.9 Å². The minimum atomic E-state index is -0.659. The molecule has 7 nitrogen and oxygen atoms in total. The normalized spacial score (nSPS) is 10.9. The van der Waals surface area contributed by atoms with Crippen LogP contribution in [0.3, 0.4) is 0 Å². The van der Waals surface area contributed by atoms with Gasteiger partial charge in [0.1, 0.15) is 5.02 Å². The van der Waals surface area contributed by atoms with Crippen molar-refractivity contribution in [3.8, 4) is 28.7 Å². The molecule has 4 aromatic rings. The molecule has 0 N–H and O–H groups in total. The first-order chi connectivity index (χ1) is 14.5. The largest absolute Gasteiger partial charge is 0.461 e. The number of para-hydroxylation sites is 1. The zero-order valence-corrected chi connectivity index (χ0v) is 17.6. The first-order valence-corrected chi connectivity index (χ1v) is 9.86. The summed E-state index contributed by atoms with van der Waals surface area (Å²) < 4.78 is 12.4. The van der Waals surface area contributed by atoms with Gasteiger partial charge in [-0.05, 0) is 38.1 Å². The first kappa shape index (κ1) is 20.1. The summed E-state index contributed by atoms with van der Waals surface area (Å²) >= 11 is 12.9. The van der Waals surface area contributed by atoms with Gasteiger partial charge in [-0.1, -0.05) is 53.0 Å². The van der Waals surface area contributed by atoms with Crippen LogP contribution in [0.2, 0.25) is 10.0 Å². The van der Waals surface area contributed by atoms with Gasteiger partial charge in [0.15, 0.2) is 11.4 Å². The quantitative estimate of drug-likeness (QED) is 0.385. The Morgan fingerprint density at radius 3 is 2.60 bits per heavy atom. The minimum absolute atomic E-state index is 0.0350. The number of halogens is 2. The van der Waals surface area contributed by atoms with Crippen molar-refractivity contribution in [2.24, 2.45) is 0 Å². The monoisotopic (exact) mass is 442 g/mol. The maximum Gasteiger partial charge on any atom is 0.360 e. The first-order valence-electron chi connectivity index (χ1n) is 9.11. The summed E-state index contributed by atoms with van der Waals surface area (Å²) in [6, 6.07) is 14.7. The second-order valence-electron chi connectivity index (χ2n) is 6.38. The second-order valence-corrected chi connectivity index (χ2v) is 7.16. The van der Waals surface area contributed by atoms with Crippen molar-refractivity contribution in [2.75, 3.05) is 6.61 Å². The SMILES string of the molecule is CCOC(=O)c1nn(-c2ccccc2Cl)c(-c2nnc(-c3cccc(C)c3)o2)c1Cl. The van der Waals surface area contributed by atoms with Crippen molar-refractivity contribution in [2.45, 2.75) is 13.8 Å². The Balaban J connectivity index is 1.89. The van der Waals surface area contributed by atoms with E-state index in [0.29, 0.717) is 16.6 Å². The van der Waals surface area contributed by atoms with Crippen LogP contribution < -0.4 is 0 Å². The number of carbonyl (C=O) groups is 1. The van der Waals surface area contributed by atoms with Gasteiger partial charge in [0.05, 0.1) is 17.3 Å². The summed E-state index contributed by atoms with van der Waals surface area (Å²) in [5.41, 5.74) is 2.50. The second kappa shape index (κ2) is 8.30. The highest BCUT2D eigenvalue weighted by molar-refractivity contribution is 6.36. The van der Waals surface area contributed by atoms with Gasteiger partial charge < -0.3 is 9.15 Å². The summed E-state index contributed by atoms with van der Waals surface area (Å²) in [6.07, 6.45) is 0. The van der Waals surface area contributed by atoms with Crippen LogP contribution in [-0.4, -0.2) is 32.6 Å². The highest BCUT2D eigenvalue weighted by Gasteiger charge is 2.28. The third-order valence-corrected chi connectivity index (χ3v) is 4.95. The molecule has 9 heteroatoms. The van der Waals surface area contributed by atoms with E-state index in [4.69, 9.17) is 32.4 Å². The summed E-state index contributed by atoms with van der Waals surface area (Å²) in [5.74, 6) is -0.248. The summed E-state index contributed by atoms with van der Waals surface area (Å²) in [4.78, 5) is 12.4. The van der Waals surface area contributed by atoms with E-state index < -0.39 is 5.97 Å². The molecule has 0 bridgehead atoms. The van der Waals surface area contributed by atoms with Gasteiger partial charge in [-0.2, -0.15) is 5.10 Å². The van der Waals surface area contributed by atoms with Crippen LogP contribution >= 0.6 is 23.2 Å². The highest BCUT2D eigenvalue weighted by atomic mass is 35.5. The molecular formula is C21H16Cl2N4O3. The fourth-order valence-corrected chi connectivity index (χ4v) is 3.42. The molecule has 0 aliphatic heterocycles. The van der Waals surface area contributed by atoms with Gasteiger partial charge >= 0.3 is 5.97 Å². The summed E-state index contributed by atoms with van der Waals surface area (Å²) in [7, 11) is 0. The number of aromatic nitrogens is 4. The summed E-state index contributed by atoms with van der Waals surface area (Å²) in [6.45, 7) is 3.85. The van der Waals surface area contributed by atoms with E-state index in [9.17, 15) is 4.79 Å². The van der Waals surface area contributed by atoms with E-state index in [0.717, 1.165) is 11.1 Å². The molecule has 4 rings (SSSR count). The maximum atomic E-state index is 12.4. The number of aryl methyl sites for hydroxylation is 1. The number of rotatable bonds is 5. The Hall–Kier alpha value is -3.16. The van der Waals surface area contributed by atoms with Crippen LogP contribution in [0.25, 0.3) is 28.7 Å². The van der Waals surface area contributed by atoms with Crippen molar-refractivity contribution < 1.29 is 13.9 Å². The van der Waals surface area contributed by atoms with Crippen LogP contribution in [0.4, 0.5) is 0 Å². The van der Waals surface area contributed by atoms with E-state index in [1.165, 1.54) is 4.68 Å². The third kappa shape index (κ3) is 3.69.